The SMILES string of the molecule is OCc1cn(CCSc2ccc(F)cc2)nn1. The van der Waals surface area contributed by atoms with Gasteiger partial charge in [0.1, 0.15) is 11.5 Å². The summed E-state index contributed by atoms with van der Waals surface area (Å²) in [6, 6.07) is 6.39. The average molecular weight is 253 g/mol. The highest BCUT2D eigenvalue weighted by Crippen LogP contribution is 2.18. The summed E-state index contributed by atoms with van der Waals surface area (Å²) in [6.45, 7) is 0.611. The van der Waals surface area contributed by atoms with Crippen molar-refractivity contribution in [3.05, 3.63) is 42.0 Å². The molecule has 90 valence electrons. The van der Waals surface area contributed by atoms with Crippen molar-refractivity contribution in [2.75, 3.05) is 5.75 Å². The first-order valence-electron chi connectivity index (χ1n) is 5.16. The van der Waals surface area contributed by atoms with Crippen LogP contribution in [-0.2, 0) is 13.2 Å². The Morgan fingerprint density at radius 2 is 2.06 bits per heavy atom. The molecular weight excluding hydrogens is 241 g/mol. The lowest BCUT2D eigenvalue weighted by Gasteiger charge is -2.01. The number of hydrogen-bond acceptors (Lipinski definition) is 4. The number of hydrogen-bond donors (Lipinski definition) is 1. The summed E-state index contributed by atoms with van der Waals surface area (Å²) in [5, 5.41) is 16.5. The number of nitrogens with zero attached hydrogens (tertiary/aromatic N) is 3. The van der Waals surface area contributed by atoms with Crippen LogP contribution in [0.15, 0.2) is 35.4 Å². The molecule has 0 aliphatic carbocycles. The quantitative estimate of drug-likeness (QED) is 0.824. The van der Waals surface area contributed by atoms with Crippen LogP contribution < -0.4 is 0 Å². The Balaban J connectivity index is 1.81. The molecule has 0 saturated carbocycles. The van der Waals surface area contributed by atoms with Gasteiger partial charge in [-0.3, -0.25) is 4.68 Å². The van der Waals surface area contributed by atoms with Gasteiger partial charge in [0.25, 0.3) is 0 Å². The molecule has 1 N–H and O–H groups in total. The zero-order valence-electron chi connectivity index (χ0n) is 9.08. The Bertz CT molecular complexity index is 472. The maximum Gasteiger partial charge on any atom is 0.123 e. The Hall–Kier alpha value is -1.40. The Kier molecular flexibility index (Phi) is 4.11. The molecule has 6 heteroatoms. The summed E-state index contributed by atoms with van der Waals surface area (Å²) in [7, 11) is 0. The van der Waals surface area contributed by atoms with Gasteiger partial charge in [-0.1, -0.05) is 5.21 Å². The van der Waals surface area contributed by atoms with Crippen molar-refractivity contribution in [1.29, 1.82) is 0 Å². The van der Waals surface area contributed by atoms with Crippen LogP contribution in [0.2, 0.25) is 0 Å². The number of aliphatic hydroxyl groups excluding tert-OH is 1. The minimum absolute atomic E-state index is 0.0922. The van der Waals surface area contributed by atoms with Crippen molar-refractivity contribution >= 4 is 11.8 Å². The molecular formula is C11H12FN3OS. The predicted octanol–water partition coefficient (Wildman–Crippen LogP) is 1.70. The molecule has 1 heterocycles. The first kappa shape index (κ1) is 12.1. The zero-order valence-corrected chi connectivity index (χ0v) is 9.90. The van der Waals surface area contributed by atoms with E-state index >= 15 is 0 Å². The number of rotatable bonds is 5. The van der Waals surface area contributed by atoms with Gasteiger partial charge in [0.2, 0.25) is 0 Å². The van der Waals surface area contributed by atoms with Crippen LogP contribution in [0.25, 0.3) is 0 Å². The van der Waals surface area contributed by atoms with Crippen LogP contribution in [-0.4, -0.2) is 25.9 Å². The van der Waals surface area contributed by atoms with E-state index in [1.165, 1.54) is 12.1 Å². The van der Waals surface area contributed by atoms with E-state index in [4.69, 9.17) is 5.11 Å². The fraction of sp³-hybridized carbons (Fsp3) is 0.273. The molecule has 2 aromatic rings. The largest absolute Gasteiger partial charge is 0.390 e. The molecule has 1 aromatic heterocycles. The standard InChI is InChI=1S/C11H12FN3OS/c12-9-1-3-11(4-2-9)17-6-5-15-7-10(8-16)13-14-15/h1-4,7,16H,5-6,8H2. The highest BCUT2D eigenvalue weighted by molar-refractivity contribution is 7.99. The maximum atomic E-state index is 12.7. The molecule has 2 rings (SSSR count). The van der Waals surface area contributed by atoms with Crippen LogP contribution >= 0.6 is 11.8 Å². The van der Waals surface area contributed by atoms with Gasteiger partial charge in [-0.05, 0) is 24.3 Å². The van der Waals surface area contributed by atoms with Gasteiger partial charge in [0.05, 0.1) is 19.3 Å². The van der Waals surface area contributed by atoms with Gasteiger partial charge in [-0.2, -0.15) is 0 Å². The first-order valence-corrected chi connectivity index (χ1v) is 6.15. The fourth-order valence-electron chi connectivity index (χ4n) is 1.31. The third-order valence-electron chi connectivity index (χ3n) is 2.15. The van der Waals surface area contributed by atoms with Crippen molar-refractivity contribution < 1.29 is 9.50 Å². The van der Waals surface area contributed by atoms with Crippen molar-refractivity contribution in [3.8, 4) is 0 Å². The van der Waals surface area contributed by atoms with Gasteiger partial charge in [0, 0.05) is 10.6 Å². The second-order valence-electron chi connectivity index (χ2n) is 3.43. The Morgan fingerprint density at radius 3 is 2.71 bits per heavy atom. The molecule has 0 fully saturated rings. The van der Waals surface area contributed by atoms with Crippen molar-refractivity contribution in [2.24, 2.45) is 0 Å². The van der Waals surface area contributed by atoms with Gasteiger partial charge >= 0.3 is 0 Å². The van der Waals surface area contributed by atoms with Crippen molar-refractivity contribution in [2.45, 2.75) is 18.0 Å². The van der Waals surface area contributed by atoms with Gasteiger partial charge in [0.15, 0.2) is 0 Å². The smallest absolute Gasteiger partial charge is 0.123 e. The number of aryl methyl sites for hydroxylation is 1. The molecule has 17 heavy (non-hydrogen) atoms. The molecule has 0 saturated heterocycles. The van der Waals surface area contributed by atoms with Gasteiger partial charge in [-0.15, -0.1) is 16.9 Å². The number of aliphatic hydroxyl groups is 1. The highest BCUT2D eigenvalue weighted by atomic mass is 32.2. The molecule has 0 bridgehead atoms. The van der Waals surface area contributed by atoms with Gasteiger partial charge < -0.3 is 5.11 Å². The third-order valence-corrected chi connectivity index (χ3v) is 3.14. The number of halogens is 1. The van der Waals surface area contributed by atoms with Gasteiger partial charge in [-0.25, -0.2) is 4.39 Å². The molecule has 0 amide bonds. The molecule has 0 atom stereocenters. The summed E-state index contributed by atoms with van der Waals surface area (Å²) in [5.74, 6) is 0.595. The number of thioether (sulfide) groups is 1. The van der Waals surface area contributed by atoms with E-state index in [9.17, 15) is 4.39 Å². The van der Waals surface area contributed by atoms with Crippen LogP contribution in [0.1, 0.15) is 5.69 Å². The predicted molar refractivity (Wildman–Crippen MR) is 63.1 cm³/mol. The average Bonchev–Trinajstić information content (AvgIpc) is 2.80. The lowest BCUT2D eigenvalue weighted by molar-refractivity contribution is 0.276. The van der Waals surface area contributed by atoms with E-state index in [-0.39, 0.29) is 12.4 Å². The summed E-state index contributed by atoms with van der Waals surface area (Å²) in [6.07, 6.45) is 1.71. The third kappa shape index (κ3) is 3.54. The summed E-state index contributed by atoms with van der Waals surface area (Å²) >= 11 is 1.62. The lowest BCUT2D eigenvalue weighted by Crippen LogP contribution is -2.00. The van der Waals surface area contributed by atoms with Crippen molar-refractivity contribution in [1.82, 2.24) is 15.0 Å². The monoisotopic (exact) mass is 253 g/mol. The summed E-state index contributed by atoms with van der Waals surface area (Å²) in [5.41, 5.74) is 0.566. The van der Waals surface area contributed by atoms with Crippen LogP contribution in [0.5, 0.6) is 0 Å². The Morgan fingerprint density at radius 1 is 1.29 bits per heavy atom. The van der Waals surface area contributed by atoms with E-state index < -0.39 is 0 Å². The molecule has 0 spiro atoms. The first-order chi connectivity index (χ1) is 8.28. The van der Waals surface area contributed by atoms with Crippen LogP contribution in [0.3, 0.4) is 0 Å². The second-order valence-corrected chi connectivity index (χ2v) is 4.60. The van der Waals surface area contributed by atoms with Crippen LogP contribution in [0, 0.1) is 5.82 Å². The second kappa shape index (κ2) is 5.79. The summed E-state index contributed by atoms with van der Waals surface area (Å²) < 4.78 is 14.3. The maximum absolute atomic E-state index is 12.7. The minimum atomic E-state index is -0.224. The van der Waals surface area contributed by atoms with E-state index in [2.05, 4.69) is 10.3 Å². The van der Waals surface area contributed by atoms with E-state index in [1.54, 1.807) is 34.8 Å². The lowest BCUT2D eigenvalue weighted by atomic mass is 10.4. The molecule has 0 aliphatic heterocycles. The molecule has 4 nitrogen and oxygen atoms in total. The zero-order chi connectivity index (χ0) is 12.1. The topological polar surface area (TPSA) is 50.9 Å². The highest BCUT2D eigenvalue weighted by Gasteiger charge is 1.99. The summed E-state index contributed by atoms with van der Waals surface area (Å²) in [4.78, 5) is 1.02. The molecule has 0 unspecified atom stereocenters. The normalized spacial score (nSPS) is 10.7. The molecule has 1 aromatic carbocycles. The fourth-order valence-corrected chi connectivity index (χ4v) is 2.15. The van der Waals surface area contributed by atoms with E-state index in [1.807, 2.05) is 0 Å². The molecule has 0 aliphatic rings. The number of aromatic nitrogens is 3. The Labute approximate surface area is 102 Å². The van der Waals surface area contributed by atoms with Crippen LogP contribution in [0.4, 0.5) is 4.39 Å². The minimum Gasteiger partial charge on any atom is -0.390 e. The van der Waals surface area contributed by atoms with Crippen molar-refractivity contribution in [3.63, 3.8) is 0 Å². The number of benzene rings is 1. The molecule has 0 radical (unpaired) electrons. The van der Waals surface area contributed by atoms with E-state index in [0.717, 1.165) is 10.6 Å². The van der Waals surface area contributed by atoms with E-state index in [0.29, 0.717) is 12.2 Å².